The molecular weight excluding hydrogens is 430 g/mol. The number of carbonyl (C=O) groups excluding carboxylic acids is 2. The van der Waals surface area contributed by atoms with Crippen molar-refractivity contribution in [2.24, 2.45) is 0 Å². The van der Waals surface area contributed by atoms with Crippen LogP contribution in [0.4, 0.5) is 0 Å². The van der Waals surface area contributed by atoms with Crippen LogP contribution in [0.25, 0.3) is 6.08 Å². The Morgan fingerprint density at radius 1 is 1.07 bits per heavy atom. The first-order valence-electron chi connectivity index (χ1n) is 7.95. The Bertz CT molecular complexity index is 836. The molecule has 0 radical (unpaired) electrons. The van der Waals surface area contributed by atoms with Crippen LogP contribution in [0, 0.1) is 6.92 Å². The summed E-state index contributed by atoms with van der Waals surface area (Å²) in [6.07, 6.45) is 3.03. The van der Waals surface area contributed by atoms with E-state index < -0.39 is 11.8 Å². The minimum atomic E-state index is -0.440. The molecule has 0 fully saturated rings. The van der Waals surface area contributed by atoms with Crippen molar-refractivity contribution in [3.63, 3.8) is 0 Å². The van der Waals surface area contributed by atoms with Gasteiger partial charge in [0.25, 0.3) is 5.91 Å². The molecule has 3 N–H and O–H groups in total. The summed E-state index contributed by atoms with van der Waals surface area (Å²) in [5.74, 6) is -0.288. The Labute approximate surface area is 171 Å². The van der Waals surface area contributed by atoms with Crippen LogP contribution < -0.4 is 20.9 Å². The van der Waals surface area contributed by atoms with Gasteiger partial charge in [-0.2, -0.15) is 0 Å². The van der Waals surface area contributed by atoms with Crippen molar-refractivity contribution in [2.75, 3.05) is 6.61 Å². The first kappa shape index (κ1) is 20.6. The number of nitrogens with one attached hydrogen (secondary N) is 3. The second-order valence-electron chi connectivity index (χ2n) is 5.48. The smallest absolute Gasteiger partial charge is 0.276 e. The number of halogens is 1. The first-order chi connectivity index (χ1) is 12.9. The molecule has 0 aromatic heterocycles. The van der Waals surface area contributed by atoms with E-state index in [1.165, 1.54) is 6.08 Å². The van der Waals surface area contributed by atoms with Crippen molar-refractivity contribution >= 4 is 51.2 Å². The fourth-order valence-corrected chi connectivity index (χ4v) is 2.29. The lowest BCUT2D eigenvalue weighted by atomic mass is 10.1. The monoisotopic (exact) mass is 447 g/mol. The largest absolute Gasteiger partial charge is 0.484 e. The molecule has 0 heterocycles. The van der Waals surface area contributed by atoms with Crippen molar-refractivity contribution in [1.82, 2.24) is 16.2 Å². The molecular formula is C19H18BrN3O3S. The van der Waals surface area contributed by atoms with Gasteiger partial charge in [0.2, 0.25) is 5.91 Å². The molecule has 0 atom stereocenters. The standard InChI is InChI=1S/C19H18BrN3O3S/c1-13-2-4-14(5-3-13)6-11-17(24)21-19(27)23-22-18(25)12-26-16-9-7-15(20)8-10-16/h2-11H,12H2,1H3,(H,22,25)(H2,21,23,24,27)/b11-6+. The zero-order chi connectivity index (χ0) is 19.6. The average Bonchev–Trinajstić information content (AvgIpc) is 2.65. The highest BCUT2D eigenvalue weighted by Crippen LogP contribution is 2.15. The average molecular weight is 448 g/mol. The van der Waals surface area contributed by atoms with E-state index in [4.69, 9.17) is 17.0 Å². The summed E-state index contributed by atoms with van der Waals surface area (Å²) in [7, 11) is 0. The van der Waals surface area contributed by atoms with Crippen LogP contribution in [0.2, 0.25) is 0 Å². The lowest BCUT2D eigenvalue weighted by Crippen LogP contribution is -2.49. The number of rotatable bonds is 5. The summed E-state index contributed by atoms with van der Waals surface area (Å²) in [5.41, 5.74) is 6.83. The molecule has 8 heteroatoms. The summed E-state index contributed by atoms with van der Waals surface area (Å²) in [5, 5.41) is 2.41. The maximum Gasteiger partial charge on any atom is 0.276 e. The van der Waals surface area contributed by atoms with Crippen molar-refractivity contribution in [3.8, 4) is 5.75 Å². The minimum Gasteiger partial charge on any atom is -0.484 e. The summed E-state index contributed by atoms with van der Waals surface area (Å²) in [6.45, 7) is 1.79. The zero-order valence-electron chi connectivity index (χ0n) is 14.5. The van der Waals surface area contributed by atoms with Crippen molar-refractivity contribution in [3.05, 3.63) is 70.2 Å². The molecule has 0 aliphatic carbocycles. The van der Waals surface area contributed by atoms with Gasteiger partial charge in [0.05, 0.1) is 0 Å². The quantitative estimate of drug-likeness (QED) is 0.373. The summed E-state index contributed by atoms with van der Waals surface area (Å²) >= 11 is 8.27. The first-order valence-corrected chi connectivity index (χ1v) is 9.15. The topological polar surface area (TPSA) is 79.5 Å². The fraction of sp³-hybridized carbons (Fsp3) is 0.105. The van der Waals surface area contributed by atoms with Crippen molar-refractivity contribution in [2.45, 2.75) is 6.92 Å². The number of carbonyl (C=O) groups is 2. The Morgan fingerprint density at radius 3 is 2.41 bits per heavy atom. The van der Waals surface area contributed by atoms with E-state index in [2.05, 4.69) is 32.1 Å². The molecule has 6 nitrogen and oxygen atoms in total. The number of hydrogen-bond acceptors (Lipinski definition) is 4. The second-order valence-corrected chi connectivity index (χ2v) is 6.80. The third-order valence-electron chi connectivity index (χ3n) is 3.24. The SMILES string of the molecule is Cc1ccc(/C=C/C(=O)NC(=S)NNC(=O)COc2ccc(Br)cc2)cc1. The van der Waals surface area contributed by atoms with E-state index in [1.807, 2.05) is 31.2 Å². The third kappa shape index (κ3) is 8.02. The van der Waals surface area contributed by atoms with E-state index in [9.17, 15) is 9.59 Å². The number of ether oxygens (including phenoxy) is 1. The molecule has 0 unspecified atom stereocenters. The molecule has 2 rings (SSSR count). The predicted molar refractivity (Wildman–Crippen MR) is 112 cm³/mol. The Kier molecular flexibility index (Phi) is 7.97. The molecule has 2 aromatic carbocycles. The Hall–Kier alpha value is -2.71. The lowest BCUT2D eigenvalue weighted by molar-refractivity contribution is -0.123. The van der Waals surface area contributed by atoms with Gasteiger partial charge < -0.3 is 4.74 Å². The van der Waals surface area contributed by atoms with Gasteiger partial charge in [-0.15, -0.1) is 0 Å². The minimum absolute atomic E-state index is 0.0226. The number of hydrazine groups is 1. The molecule has 0 saturated carbocycles. The van der Waals surface area contributed by atoms with Crippen LogP contribution in [0.15, 0.2) is 59.1 Å². The Balaban J connectivity index is 1.68. The fourth-order valence-electron chi connectivity index (χ4n) is 1.88. The highest BCUT2D eigenvalue weighted by atomic mass is 79.9. The van der Waals surface area contributed by atoms with Crippen molar-refractivity contribution < 1.29 is 14.3 Å². The van der Waals surface area contributed by atoms with Crippen LogP contribution in [0.5, 0.6) is 5.75 Å². The van der Waals surface area contributed by atoms with Crippen LogP contribution in [0.1, 0.15) is 11.1 Å². The van der Waals surface area contributed by atoms with Gasteiger partial charge in [0.15, 0.2) is 11.7 Å². The number of thiocarbonyl (C=S) groups is 1. The molecule has 0 aliphatic rings. The van der Waals surface area contributed by atoms with Gasteiger partial charge in [-0.05, 0) is 55.0 Å². The Morgan fingerprint density at radius 2 is 1.74 bits per heavy atom. The lowest BCUT2D eigenvalue weighted by Gasteiger charge is -2.10. The highest BCUT2D eigenvalue weighted by Gasteiger charge is 2.05. The summed E-state index contributed by atoms with van der Waals surface area (Å²) in [6, 6.07) is 14.8. The van der Waals surface area contributed by atoms with Gasteiger partial charge in [-0.3, -0.25) is 25.8 Å². The number of benzene rings is 2. The van der Waals surface area contributed by atoms with Crippen LogP contribution in [0.3, 0.4) is 0 Å². The third-order valence-corrected chi connectivity index (χ3v) is 3.97. The van der Waals surface area contributed by atoms with Crippen LogP contribution >= 0.6 is 28.1 Å². The van der Waals surface area contributed by atoms with Gasteiger partial charge in [-0.25, -0.2) is 0 Å². The van der Waals surface area contributed by atoms with Gasteiger partial charge >= 0.3 is 0 Å². The molecule has 0 saturated heterocycles. The maximum atomic E-state index is 11.8. The molecule has 0 bridgehead atoms. The molecule has 2 amide bonds. The summed E-state index contributed by atoms with van der Waals surface area (Å²) in [4.78, 5) is 23.5. The summed E-state index contributed by atoms with van der Waals surface area (Å²) < 4.78 is 6.23. The zero-order valence-corrected chi connectivity index (χ0v) is 16.9. The van der Waals surface area contributed by atoms with Gasteiger partial charge in [0.1, 0.15) is 5.75 Å². The van der Waals surface area contributed by atoms with E-state index >= 15 is 0 Å². The molecule has 2 aromatic rings. The van der Waals surface area contributed by atoms with E-state index in [1.54, 1.807) is 30.3 Å². The maximum absolute atomic E-state index is 11.8. The van der Waals surface area contributed by atoms with Crippen LogP contribution in [-0.4, -0.2) is 23.5 Å². The molecule has 0 aliphatic heterocycles. The van der Waals surface area contributed by atoms with Crippen LogP contribution in [-0.2, 0) is 9.59 Å². The number of amides is 2. The predicted octanol–water partition coefficient (Wildman–Crippen LogP) is 2.87. The molecule has 0 spiro atoms. The van der Waals surface area contributed by atoms with Gasteiger partial charge in [-0.1, -0.05) is 45.8 Å². The second kappa shape index (κ2) is 10.4. The highest BCUT2D eigenvalue weighted by molar-refractivity contribution is 9.10. The van der Waals surface area contributed by atoms with E-state index in [-0.39, 0.29) is 11.7 Å². The van der Waals surface area contributed by atoms with E-state index in [0.717, 1.165) is 15.6 Å². The molecule has 140 valence electrons. The number of aryl methyl sites for hydroxylation is 1. The number of hydrogen-bond donors (Lipinski definition) is 3. The van der Waals surface area contributed by atoms with Crippen molar-refractivity contribution in [1.29, 1.82) is 0 Å². The van der Waals surface area contributed by atoms with E-state index in [0.29, 0.717) is 5.75 Å². The molecule has 27 heavy (non-hydrogen) atoms. The normalized spacial score (nSPS) is 10.3. The van der Waals surface area contributed by atoms with Gasteiger partial charge in [0, 0.05) is 10.5 Å².